The Balaban J connectivity index is 1.82. The van der Waals surface area contributed by atoms with Gasteiger partial charge in [-0.15, -0.1) is 0 Å². The molecule has 3 rings (SSSR count). The Hall–Kier alpha value is -2.70. The van der Waals surface area contributed by atoms with Crippen LogP contribution < -0.4 is 4.90 Å². The van der Waals surface area contributed by atoms with E-state index < -0.39 is 12.0 Å². The van der Waals surface area contributed by atoms with Gasteiger partial charge in [0, 0.05) is 12.5 Å². The molecule has 1 saturated heterocycles. The Morgan fingerprint density at radius 1 is 1.19 bits per heavy atom. The van der Waals surface area contributed by atoms with Crippen molar-refractivity contribution in [1.29, 1.82) is 0 Å². The van der Waals surface area contributed by atoms with Gasteiger partial charge in [0.2, 0.25) is 11.8 Å². The van der Waals surface area contributed by atoms with Crippen LogP contribution in [-0.4, -0.2) is 47.8 Å². The maximum absolute atomic E-state index is 12.9. The number of carbonyl (C=O) groups excluding carboxylic acids is 4. The number of benzene rings is 1. The molecule has 1 aromatic carbocycles. The first-order valence-electron chi connectivity index (χ1n) is 8.84. The number of ether oxygens (including phenoxy) is 1. The van der Waals surface area contributed by atoms with Crippen LogP contribution >= 0.6 is 0 Å². The maximum atomic E-state index is 12.9. The van der Waals surface area contributed by atoms with E-state index in [0.29, 0.717) is 24.1 Å². The number of methoxy groups -OCH3 is 1. The number of esters is 1. The molecule has 0 spiro atoms. The highest BCUT2D eigenvalue weighted by atomic mass is 16.5. The first-order chi connectivity index (χ1) is 12.5. The summed E-state index contributed by atoms with van der Waals surface area (Å²) < 4.78 is 4.64. The Bertz CT molecular complexity index is 739. The first kappa shape index (κ1) is 18.1. The number of hydrogen-bond acceptors (Lipinski definition) is 5. The van der Waals surface area contributed by atoms with Crippen molar-refractivity contribution in [3.05, 3.63) is 29.8 Å². The molecule has 7 heteroatoms. The summed E-state index contributed by atoms with van der Waals surface area (Å²) in [5, 5.41) is 0. The Labute approximate surface area is 151 Å². The van der Waals surface area contributed by atoms with Gasteiger partial charge in [0.25, 0.3) is 5.91 Å². The van der Waals surface area contributed by atoms with Gasteiger partial charge in [-0.05, 0) is 43.5 Å². The monoisotopic (exact) mass is 358 g/mol. The van der Waals surface area contributed by atoms with Crippen LogP contribution in [0.3, 0.4) is 0 Å². The molecule has 7 nitrogen and oxygen atoms in total. The molecule has 2 aliphatic rings. The smallest absolute Gasteiger partial charge is 0.337 e. The summed E-state index contributed by atoms with van der Waals surface area (Å²) in [7, 11) is 1.29. The topological polar surface area (TPSA) is 84.0 Å². The number of imide groups is 1. The second kappa shape index (κ2) is 7.27. The van der Waals surface area contributed by atoms with Crippen LogP contribution in [0.4, 0.5) is 5.69 Å². The van der Waals surface area contributed by atoms with Gasteiger partial charge >= 0.3 is 5.97 Å². The number of hydrogen-bond donors (Lipinski definition) is 0. The van der Waals surface area contributed by atoms with Gasteiger partial charge < -0.3 is 9.64 Å². The van der Waals surface area contributed by atoms with Crippen molar-refractivity contribution in [2.24, 2.45) is 0 Å². The van der Waals surface area contributed by atoms with E-state index in [0.717, 1.165) is 17.7 Å². The van der Waals surface area contributed by atoms with E-state index in [9.17, 15) is 19.2 Å². The minimum absolute atomic E-state index is 0.00351. The summed E-state index contributed by atoms with van der Waals surface area (Å²) in [5.74, 6) is -1.26. The highest BCUT2D eigenvalue weighted by Gasteiger charge is 2.48. The molecule has 1 saturated carbocycles. The van der Waals surface area contributed by atoms with Crippen molar-refractivity contribution in [3.8, 4) is 0 Å². The minimum atomic E-state index is -0.727. The van der Waals surface area contributed by atoms with Crippen LogP contribution in [0.1, 0.15) is 49.4 Å². The van der Waals surface area contributed by atoms with E-state index in [-0.39, 0.29) is 30.2 Å². The van der Waals surface area contributed by atoms with E-state index in [1.54, 1.807) is 17.0 Å². The molecule has 138 valence electrons. The first-order valence-corrected chi connectivity index (χ1v) is 8.84. The zero-order valence-electron chi connectivity index (χ0n) is 14.9. The third-order valence-corrected chi connectivity index (χ3v) is 4.70. The standard InChI is InChI=1S/C19H22N2O5/c1-3-4-16(22)20(13-9-10-13)15-11-17(23)21(18(15)24)14-7-5-12(6-8-14)19(25)26-2/h5-8,13,15H,3-4,9-11H2,1-2H3. The van der Waals surface area contributed by atoms with E-state index in [4.69, 9.17) is 0 Å². The molecule has 0 bridgehead atoms. The van der Waals surface area contributed by atoms with Crippen molar-refractivity contribution in [2.75, 3.05) is 12.0 Å². The van der Waals surface area contributed by atoms with E-state index >= 15 is 0 Å². The van der Waals surface area contributed by atoms with Crippen LogP contribution in [0.5, 0.6) is 0 Å². The zero-order valence-corrected chi connectivity index (χ0v) is 14.9. The summed E-state index contributed by atoms with van der Waals surface area (Å²) in [6, 6.07) is 5.44. The van der Waals surface area contributed by atoms with Crippen molar-refractivity contribution < 1.29 is 23.9 Å². The van der Waals surface area contributed by atoms with Gasteiger partial charge in [-0.25, -0.2) is 9.69 Å². The van der Waals surface area contributed by atoms with Gasteiger partial charge in [-0.3, -0.25) is 14.4 Å². The summed E-state index contributed by atoms with van der Waals surface area (Å²) in [4.78, 5) is 52.1. The minimum Gasteiger partial charge on any atom is -0.465 e. The maximum Gasteiger partial charge on any atom is 0.337 e. The Morgan fingerprint density at radius 2 is 1.85 bits per heavy atom. The summed E-state index contributed by atoms with van der Waals surface area (Å²) in [5.41, 5.74) is 0.735. The number of anilines is 1. The lowest BCUT2D eigenvalue weighted by Crippen LogP contribution is -2.46. The molecule has 3 amide bonds. The van der Waals surface area contributed by atoms with Crippen molar-refractivity contribution in [2.45, 2.75) is 51.1 Å². The fourth-order valence-corrected chi connectivity index (χ4v) is 3.30. The Morgan fingerprint density at radius 3 is 2.38 bits per heavy atom. The van der Waals surface area contributed by atoms with Gasteiger partial charge in [0.1, 0.15) is 6.04 Å². The molecule has 0 N–H and O–H groups in total. The van der Waals surface area contributed by atoms with Crippen molar-refractivity contribution >= 4 is 29.4 Å². The highest BCUT2D eigenvalue weighted by Crippen LogP contribution is 2.34. The normalized spacial score (nSPS) is 19.6. The summed E-state index contributed by atoms with van der Waals surface area (Å²) in [6.45, 7) is 1.92. The predicted molar refractivity (Wildman–Crippen MR) is 93.5 cm³/mol. The average Bonchev–Trinajstić information content (AvgIpc) is 3.41. The third kappa shape index (κ3) is 3.34. The van der Waals surface area contributed by atoms with Crippen molar-refractivity contribution in [1.82, 2.24) is 4.90 Å². The summed E-state index contributed by atoms with van der Waals surface area (Å²) >= 11 is 0. The number of carbonyl (C=O) groups is 4. The molecular weight excluding hydrogens is 336 g/mol. The molecule has 2 fully saturated rings. The predicted octanol–water partition coefficient (Wildman–Crippen LogP) is 1.90. The fraction of sp³-hybridized carbons (Fsp3) is 0.474. The van der Waals surface area contributed by atoms with Crippen LogP contribution in [0.25, 0.3) is 0 Å². The average molecular weight is 358 g/mol. The highest BCUT2D eigenvalue weighted by molar-refractivity contribution is 6.23. The lowest BCUT2D eigenvalue weighted by molar-refractivity contribution is -0.139. The quantitative estimate of drug-likeness (QED) is 0.573. The van der Waals surface area contributed by atoms with Gasteiger partial charge in [0.05, 0.1) is 24.8 Å². The molecule has 1 unspecified atom stereocenters. The van der Waals surface area contributed by atoms with Crippen LogP contribution in [0, 0.1) is 0 Å². The van der Waals surface area contributed by atoms with Crippen LogP contribution in [-0.2, 0) is 19.1 Å². The van der Waals surface area contributed by atoms with Crippen molar-refractivity contribution in [3.63, 3.8) is 0 Å². The Kier molecular flexibility index (Phi) is 5.06. The third-order valence-electron chi connectivity index (χ3n) is 4.70. The molecule has 0 radical (unpaired) electrons. The SMILES string of the molecule is CCCC(=O)N(C1CC1)C1CC(=O)N(c2ccc(C(=O)OC)cc2)C1=O. The lowest BCUT2D eigenvalue weighted by atomic mass is 10.1. The number of nitrogens with zero attached hydrogens (tertiary/aromatic N) is 2. The lowest BCUT2D eigenvalue weighted by Gasteiger charge is -2.27. The molecule has 0 aromatic heterocycles. The number of rotatable bonds is 6. The van der Waals surface area contributed by atoms with Gasteiger partial charge in [-0.1, -0.05) is 6.92 Å². The number of amides is 3. The second-order valence-corrected chi connectivity index (χ2v) is 6.61. The molecule has 1 aliphatic heterocycles. The van der Waals surface area contributed by atoms with Crippen LogP contribution in [0.15, 0.2) is 24.3 Å². The van der Waals surface area contributed by atoms with Gasteiger partial charge in [0.15, 0.2) is 0 Å². The molecule has 1 heterocycles. The molecule has 1 aromatic rings. The van der Waals surface area contributed by atoms with E-state index in [1.165, 1.54) is 19.2 Å². The summed E-state index contributed by atoms with van der Waals surface area (Å²) in [6.07, 6.45) is 2.84. The van der Waals surface area contributed by atoms with E-state index in [2.05, 4.69) is 4.74 Å². The molecule has 1 aliphatic carbocycles. The van der Waals surface area contributed by atoms with Crippen LogP contribution in [0.2, 0.25) is 0 Å². The molecule has 1 atom stereocenters. The molecule has 26 heavy (non-hydrogen) atoms. The second-order valence-electron chi connectivity index (χ2n) is 6.61. The van der Waals surface area contributed by atoms with Gasteiger partial charge in [-0.2, -0.15) is 0 Å². The zero-order chi connectivity index (χ0) is 18.8. The van der Waals surface area contributed by atoms with E-state index in [1.807, 2.05) is 6.92 Å². The fourth-order valence-electron chi connectivity index (χ4n) is 3.30. The largest absolute Gasteiger partial charge is 0.465 e. The molecular formula is C19H22N2O5.